The minimum Gasteiger partial charge on any atom is -0.449 e. The van der Waals surface area contributed by atoms with Crippen LogP contribution in [0, 0.1) is 0 Å². The van der Waals surface area contributed by atoms with Gasteiger partial charge in [-0.15, -0.1) is 0 Å². The molecule has 4 rings (SSSR count). The molecule has 0 N–H and O–H groups in total. The number of hydrogen-bond acceptors (Lipinski definition) is 5. The molecule has 2 amide bonds. The molecule has 0 bridgehead atoms. The lowest BCUT2D eigenvalue weighted by molar-refractivity contribution is -0.0602. The van der Waals surface area contributed by atoms with E-state index in [1.807, 2.05) is 24.3 Å². The summed E-state index contributed by atoms with van der Waals surface area (Å²) in [6.07, 6.45) is 0.927. The van der Waals surface area contributed by atoms with Crippen molar-refractivity contribution < 1.29 is 23.6 Å². The predicted molar refractivity (Wildman–Crippen MR) is 95.9 cm³/mol. The fourth-order valence-corrected chi connectivity index (χ4v) is 2.89. The Morgan fingerprint density at radius 1 is 0.926 bits per heavy atom. The molecule has 134 valence electrons. The summed E-state index contributed by atoms with van der Waals surface area (Å²) in [5.41, 5.74) is 2.40. The van der Waals surface area contributed by atoms with Crippen LogP contribution in [0.5, 0.6) is 0 Å². The third kappa shape index (κ3) is 2.91. The van der Waals surface area contributed by atoms with Gasteiger partial charge in [0.1, 0.15) is 5.76 Å². The average Bonchev–Trinajstić information content (AvgIpc) is 3.29. The highest BCUT2D eigenvalue weighted by Crippen LogP contribution is 2.26. The number of carbonyl (C=O) groups is 3. The summed E-state index contributed by atoms with van der Waals surface area (Å²) in [6.45, 7) is 2.06. The molecule has 0 fully saturated rings. The number of nitrogens with zero attached hydrogens (tertiary/aromatic N) is 1. The monoisotopic (exact) mass is 361 g/mol. The number of benzene rings is 2. The summed E-state index contributed by atoms with van der Waals surface area (Å²) in [7, 11) is 0. The van der Waals surface area contributed by atoms with Crippen LogP contribution in [0.2, 0.25) is 0 Å². The first-order valence-electron chi connectivity index (χ1n) is 8.47. The first-order valence-corrected chi connectivity index (χ1v) is 8.47. The molecule has 1 aromatic heterocycles. The van der Waals surface area contributed by atoms with Gasteiger partial charge >= 0.3 is 5.97 Å². The molecule has 0 aliphatic carbocycles. The Morgan fingerprint density at radius 3 is 2.15 bits per heavy atom. The minimum absolute atomic E-state index is 0.0962. The Hall–Kier alpha value is -3.67. The van der Waals surface area contributed by atoms with Crippen LogP contribution in [-0.2, 0) is 11.3 Å². The van der Waals surface area contributed by atoms with E-state index in [0.717, 1.165) is 12.0 Å². The summed E-state index contributed by atoms with van der Waals surface area (Å²) in [5.74, 6) is -1.87. The van der Waals surface area contributed by atoms with Gasteiger partial charge in [0.2, 0.25) is 5.76 Å². The second-order valence-electron chi connectivity index (χ2n) is 6.04. The summed E-state index contributed by atoms with van der Waals surface area (Å²) in [5, 5.41) is 0.464. The van der Waals surface area contributed by atoms with Gasteiger partial charge in [0.05, 0.1) is 11.1 Å². The number of hydrogen-bond donors (Lipinski definition) is 0. The molecular weight excluding hydrogens is 346 g/mol. The zero-order valence-corrected chi connectivity index (χ0v) is 14.5. The van der Waals surface area contributed by atoms with Crippen LogP contribution < -0.4 is 0 Å². The van der Waals surface area contributed by atoms with Gasteiger partial charge in [-0.1, -0.05) is 48.4 Å². The lowest BCUT2D eigenvalue weighted by atomic mass is 10.1. The maximum absolute atomic E-state index is 12.3. The van der Waals surface area contributed by atoms with Gasteiger partial charge in [-0.25, -0.2) is 4.79 Å². The lowest BCUT2D eigenvalue weighted by Gasteiger charge is -2.11. The minimum atomic E-state index is -0.916. The van der Waals surface area contributed by atoms with E-state index in [4.69, 9.17) is 9.25 Å². The first kappa shape index (κ1) is 16.8. The van der Waals surface area contributed by atoms with E-state index in [2.05, 4.69) is 6.92 Å². The number of carbonyl (C=O) groups excluding carboxylic acids is 3. The zero-order valence-electron chi connectivity index (χ0n) is 14.5. The SMILES string of the molecule is CCc1ccc(-c2ccc(C(=O)ON3C(=O)c4ccccc4C3=O)o2)cc1. The fraction of sp³-hybridized carbons (Fsp3) is 0.0952. The molecule has 2 heterocycles. The van der Waals surface area contributed by atoms with Crippen molar-refractivity contribution in [1.29, 1.82) is 0 Å². The molecular formula is C21H15NO5. The molecule has 1 aliphatic heterocycles. The molecule has 0 saturated carbocycles. The van der Waals surface area contributed by atoms with Gasteiger partial charge in [0.15, 0.2) is 0 Å². The molecule has 0 radical (unpaired) electrons. The van der Waals surface area contributed by atoms with E-state index in [1.54, 1.807) is 18.2 Å². The normalized spacial score (nSPS) is 13.0. The standard InChI is InChI=1S/C21H15NO5/c1-2-13-7-9-14(10-8-13)17-11-12-18(26-17)21(25)27-22-19(23)15-5-3-4-6-16(15)20(22)24/h3-12H,2H2,1H3. The molecule has 3 aromatic rings. The van der Waals surface area contributed by atoms with Crippen LogP contribution in [0.4, 0.5) is 0 Å². The summed E-state index contributed by atoms with van der Waals surface area (Å²) < 4.78 is 5.54. The van der Waals surface area contributed by atoms with Crippen molar-refractivity contribution in [1.82, 2.24) is 5.06 Å². The highest BCUT2D eigenvalue weighted by Gasteiger charge is 2.39. The first-order chi connectivity index (χ1) is 13.1. The number of amides is 2. The Morgan fingerprint density at radius 2 is 1.56 bits per heavy atom. The maximum Gasteiger partial charge on any atom is 0.399 e. The molecule has 0 saturated heterocycles. The third-order valence-electron chi connectivity index (χ3n) is 4.38. The number of fused-ring (bicyclic) bond motifs is 1. The van der Waals surface area contributed by atoms with Crippen molar-refractivity contribution in [3.8, 4) is 11.3 Å². The summed E-state index contributed by atoms with van der Waals surface area (Å²) >= 11 is 0. The number of aryl methyl sites for hydroxylation is 1. The van der Waals surface area contributed by atoms with Crippen molar-refractivity contribution in [3.05, 3.63) is 83.1 Å². The molecule has 6 heteroatoms. The van der Waals surface area contributed by atoms with E-state index < -0.39 is 17.8 Å². The highest BCUT2D eigenvalue weighted by atomic mass is 16.7. The predicted octanol–water partition coefficient (Wildman–Crippen LogP) is 3.88. The summed E-state index contributed by atoms with van der Waals surface area (Å²) in [4.78, 5) is 41.8. The number of imide groups is 1. The van der Waals surface area contributed by atoms with E-state index in [1.165, 1.54) is 23.8 Å². The second-order valence-corrected chi connectivity index (χ2v) is 6.04. The van der Waals surface area contributed by atoms with E-state index >= 15 is 0 Å². The molecule has 0 unspecified atom stereocenters. The fourth-order valence-electron chi connectivity index (χ4n) is 2.89. The largest absolute Gasteiger partial charge is 0.449 e. The average molecular weight is 361 g/mol. The van der Waals surface area contributed by atoms with Gasteiger partial charge in [0.25, 0.3) is 11.8 Å². The van der Waals surface area contributed by atoms with Crippen molar-refractivity contribution in [2.24, 2.45) is 0 Å². The Balaban J connectivity index is 1.52. The Bertz CT molecular complexity index is 1010. The van der Waals surface area contributed by atoms with Gasteiger partial charge in [-0.2, -0.15) is 0 Å². The topological polar surface area (TPSA) is 76.8 Å². The van der Waals surface area contributed by atoms with E-state index in [9.17, 15) is 14.4 Å². The van der Waals surface area contributed by atoms with E-state index in [-0.39, 0.29) is 16.9 Å². The number of hydroxylamine groups is 2. The van der Waals surface area contributed by atoms with Crippen LogP contribution >= 0.6 is 0 Å². The highest BCUT2D eigenvalue weighted by molar-refractivity contribution is 6.21. The maximum atomic E-state index is 12.3. The molecule has 27 heavy (non-hydrogen) atoms. The van der Waals surface area contributed by atoms with Crippen molar-refractivity contribution in [2.75, 3.05) is 0 Å². The molecule has 0 spiro atoms. The van der Waals surface area contributed by atoms with Crippen molar-refractivity contribution >= 4 is 17.8 Å². The van der Waals surface area contributed by atoms with Crippen LogP contribution in [0.15, 0.2) is 65.1 Å². The molecule has 2 aromatic carbocycles. The van der Waals surface area contributed by atoms with Gasteiger partial charge < -0.3 is 9.25 Å². The van der Waals surface area contributed by atoms with Gasteiger partial charge in [-0.05, 0) is 36.2 Å². The number of furan rings is 1. The second kappa shape index (κ2) is 6.57. The Labute approximate surface area is 154 Å². The number of rotatable bonds is 4. The third-order valence-corrected chi connectivity index (χ3v) is 4.38. The van der Waals surface area contributed by atoms with Crippen molar-refractivity contribution in [2.45, 2.75) is 13.3 Å². The van der Waals surface area contributed by atoms with Gasteiger partial charge in [0, 0.05) is 5.56 Å². The molecule has 1 aliphatic rings. The Kier molecular flexibility index (Phi) is 4.08. The summed E-state index contributed by atoms with van der Waals surface area (Å²) in [6, 6.07) is 17.1. The van der Waals surface area contributed by atoms with Crippen molar-refractivity contribution in [3.63, 3.8) is 0 Å². The van der Waals surface area contributed by atoms with Crippen LogP contribution in [0.3, 0.4) is 0 Å². The quantitative estimate of drug-likeness (QED) is 0.659. The van der Waals surface area contributed by atoms with Crippen LogP contribution in [-0.4, -0.2) is 22.8 Å². The lowest BCUT2D eigenvalue weighted by Crippen LogP contribution is -2.32. The smallest absolute Gasteiger partial charge is 0.399 e. The van der Waals surface area contributed by atoms with Crippen LogP contribution in [0.25, 0.3) is 11.3 Å². The van der Waals surface area contributed by atoms with E-state index in [0.29, 0.717) is 10.8 Å². The van der Waals surface area contributed by atoms with Crippen LogP contribution in [0.1, 0.15) is 43.8 Å². The zero-order chi connectivity index (χ0) is 19.0. The van der Waals surface area contributed by atoms with Gasteiger partial charge in [-0.3, -0.25) is 9.59 Å². The molecule has 6 nitrogen and oxygen atoms in total. The molecule has 0 atom stereocenters.